The topological polar surface area (TPSA) is 77.7 Å². The molecule has 1 aliphatic heterocycles. The average molecular weight is 393 g/mol. The molecule has 0 spiro atoms. The van der Waals surface area contributed by atoms with Gasteiger partial charge >= 0.3 is 0 Å². The number of aromatic nitrogens is 2. The SMILES string of the molecule is COc1ccc(-c2noc(C3CC(=O)N(Cc4ccc(C)cc4)C3)n2)cc1OC. The van der Waals surface area contributed by atoms with Gasteiger partial charge in [0.15, 0.2) is 11.5 Å². The van der Waals surface area contributed by atoms with Crippen molar-refractivity contribution in [1.82, 2.24) is 15.0 Å². The van der Waals surface area contributed by atoms with Gasteiger partial charge in [-0.2, -0.15) is 4.98 Å². The molecule has 29 heavy (non-hydrogen) atoms. The van der Waals surface area contributed by atoms with Gasteiger partial charge in [-0.3, -0.25) is 4.79 Å². The third-order valence-corrected chi connectivity index (χ3v) is 5.14. The van der Waals surface area contributed by atoms with Crippen molar-refractivity contribution in [3.05, 3.63) is 59.5 Å². The molecule has 7 heteroatoms. The minimum Gasteiger partial charge on any atom is -0.493 e. The molecule has 2 aromatic carbocycles. The summed E-state index contributed by atoms with van der Waals surface area (Å²) < 4.78 is 16.1. The molecular formula is C22H23N3O4. The van der Waals surface area contributed by atoms with Gasteiger partial charge in [-0.05, 0) is 30.7 Å². The molecule has 1 amide bonds. The van der Waals surface area contributed by atoms with Crippen LogP contribution in [-0.4, -0.2) is 41.7 Å². The number of nitrogens with zero attached hydrogens (tertiary/aromatic N) is 3. The van der Waals surface area contributed by atoms with Gasteiger partial charge in [-0.25, -0.2) is 0 Å². The molecule has 0 saturated carbocycles. The van der Waals surface area contributed by atoms with Crippen molar-refractivity contribution in [2.75, 3.05) is 20.8 Å². The van der Waals surface area contributed by atoms with E-state index in [0.717, 1.165) is 11.1 Å². The summed E-state index contributed by atoms with van der Waals surface area (Å²) in [5.41, 5.74) is 3.08. The first-order valence-electron chi connectivity index (χ1n) is 9.46. The van der Waals surface area contributed by atoms with E-state index in [1.807, 2.05) is 17.9 Å². The number of carbonyl (C=O) groups excluding carboxylic acids is 1. The van der Waals surface area contributed by atoms with E-state index in [9.17, 15) is 4.79 Å². The molecule has 2 heterocycles. The Morgan fingerprint density at radius 2 is 1.86 bits per heavy atom. The Morgan fingerprint density at radius 3 is 2.59 bits per heavy atom. The van der Waals surface area contributed by atoms with Gasteiger partial charge in [0.25, 0.3) is 0 Å². The first-order valence-corrected chi connectivity index (χ1v) is 9.46. The van der Waals surface area contributed by atoms with Crippen molar-refractivity contribution in [1.29, 1.82) is 0 Å². The second kappa shape index (κ2) is 7.95. The predicted molar refractivity (Wildman–Crippen MR) is 107 cm³/mol. The van der Waals surface area contributed by atoms with Crippen molar-refractivity contribution < 1.29 is 18.8 Å². The number of hydrogen-bond donors (Lipinski definition) is 0. The summed E-state index contributed by atoms with van der Waals surface area (Å²) in [6.07, 6.45) is 0.374. The van der Waals surface area contributed by atoms with E-state index in [1.165, 1.54) is 5.56 Å². The minimum absolute atomic E-state index is 0.0986. The fourth-order valence-electron chi connectivity index (χ4n) is 3.50. The highest BCUT2D eigenvalue weighted by Gasteiger charge is 2.34. The van der Waals surface area contributed by atoms with E-state index in [0.29, 0.717) is 42.7 Å². The largest absolute Gasteiger partial charge is 0.493 e. The Balaban J connectivity index is 1.48. The Labute approximate surface area is 169 Å². The third-order valence-electron chi connectivity index (χ3n) is 5.14. The molecule has 1 aliphatic rings. The van der Waals surface area contributed by atoms with Crippen LogP contribution in [0.1, 0.15) is 29.4 Å². The molecule has 150 valence electrons. The van der Waals surface area contributed by atoms with Crippen molar-refractivity contribution >= 4 is 5.91 Å². The van der Waals surface area contributed by atoms with Crippen LogP contribution in [-0.2, 0) is 11.3 Å². The highest BCUT2D eigenvalue weighted by molar-refractivity contribution is 5.79. The van der Waals surface area contributed by atoms with E-state index in [-0.39, 0.29) is 11.8 Å². The summed E-state index contributed by atoms with van der Waals surface area (Å²) in [6, 6.07) is 13.7. The number of hydrogen-bond acceptors (Lipinski definition) is 6. The molecule has 1 aromatic heterocycles. The maximum atomic E-state index is 12.5. The van der Waals surface area contributed by atoms with Crippen molar-refractivity contribution in [2.24, 2.45) is 0 Å². The molecular weight excluding hydrogens is 370 g/mol. The molecule has 1 saturated heterocycles. The molecule has 0 radical (unpaired) electrons. The molecule has 0 N–H and O–H groups in total. The Hall–Kier alpha value is -3.35. The first kappa shape index (κ1) is 19.0. The number of carbonyl (C=O) groups is 1. The predicted octanol–water partition coefficient (Wildman–Crippen LogP) is 3.58. The van der Waals surface area contributed by atoms with Crippen LogP contribution in [0.3, 0.4) is 0 Å². The molecule has 1 unspecified atom stereocenters. The number of likely N-dealkylation sites (tertiary alicyclic amines) is 1. The zero-order valence-corrected chi connectivity index (χ0v) is 16.7. The molecule has 4 rings (SSSR count). The fraction of sp³-hybridized carbons (Fsp3) is 0.318. The van der Waals surface area contributed by atoms with Gasteiger partial charge < -0.3 is 18.9 Å². The van der Waals surface area contributed by atoms with Gasteiger partial charge in [-0.1, -0.05) is 35.0 Å². The lowest BCUT2D eigenvalue weighted by molar-refractivity contribution is -0.128. The van der Waals surface area contributed by atoms with E-state index >= 15 is 0 Å². The second-order valence-electron chi connectivity index (χ2n) is 7.19. The lowest BCUT2D eigenvalue weighted by Crippen LogP contribution is -2.24. The molecule has 0 aliphatic carbocycles. The summed E-state index contributed by atoms with van der Waals surface area (Å²) in [7, 11) is 3.17. The lowest BCUT2D eigenvalue weighted by Gasteiger charge is -2.16. The van der Waals surface area contributed by atoms with Crippen LogP contribution < -0.4 is 9.47 Å². The first-order chi connectivity index (χ1) is 14.1. The van der Waals surface area contributed by atoms with Gasteiger partial charge in [0.2, 0.25) is 17.6 Å². The van der Waals surface area contributed by atoms with E-state index in [1.54, 1.807) is 26.4 Å². The number of amides is 1. The van der Waals surface area contributed by atoms with Gasteiger partial charge in [0.05, 0.1) is 20.1 Å². The van der Waals surface area contributed by atoms with Gasteiger partial charge in [0.1, 0.15) is 0 Å². The minimum atomic E-state index is -0.102. The second-order valence-corrected chi connectivity index (χ2v) is 7.19. The zero-order valence-electron chi connectivity index (χ0n) is 16.7. The quantitative estimate of drug-likeness (QED) is 0.637. The summed E-state index contributed by atoms with van der Waals surface area (Å²) in [5.74, 6) is 2.17. The van der Waals surface area contributed by atoms with Crippen LogP contribution >= 0.6 is 0 Å². The maximum Gasteiger partial charge on any atom is 0.232 e. The fourth-order valence-corrected chi connectivity index (χ4v) is 3.50. The van der Waals surface area contributed by atoms with Crippen LogP contribution in [0.25, 0.3) is 11.4 Å². The Bertz CT molecular complexity index is 1010. The van der Waals surface area contributed by atoms with Crippen LogP contribution in [0.4, 0.5) is 0 Å². The number of ether oxygens (including phenoxy) is 2. The summed E-state index contributed by atoms with van der Waals surface area (Å²) in [5, 5.41) is 4.09. The van der Waals surface area contributed by atoms with Crippen LogP contribution in [0, 0.1) is 6.92 Å². The van der Waals surface area contributed by atoms with E-state index in [4.69, 9.17) is 14.0 Å². The van der Waals surface area contributed by atoms with Crippen LogP contribution in [0.15, 0.2) is 47.0 Å². The van der Waals surface area contributed by atoms with Crippen molar-refractivity contribution in [2.45, 2.75) is 25.8 Å². The normalized spacial score (nSPS) is 16.3. The van der Waals surface area contributed by atoms with Crippen LogP contribution in [0.2, 0.25) is 0 Å². The maximum absolute atomic E-state index is 12.5. The summed E-state index contributed by atoms with van der Waals surface area (Å²) >= 11 is 0. The Kier molecular flexibility index (Phi) is 5.20. The van der Waals surface area contributed by atoms with Crippen molar-refractivity contribution in [3.8, 4) is 22.9 Å². The lowest BCUT2D eigenvalue weighted by atomic mass is 10.1. The van der Waals surface area contributed by atoms with Gasteiger partial charge in [-0.15, -0.1) is 0 Å². The molecule has 1 atom stereocenters. The molecule has 1 fully saturated rings. The number of rotatable bonds is 6. The smallest absolute Gasteiger partial charge is 0.232 e. The number of aryl methyl sites for hydroxylation is 1. The summed E-state index contributed by atoms with van der Waals surface area (Å²) in [4.78, 5) is 18.8. The molecule has 0 bridgehead atoms. The Morgan fingerprint density at radius 1 is 1.10 bits per heavy atom. The van der Waals surface area contributed by atoms with E-state index < -0.39 is 0 Å². The van der Waals surface area contributed by atoms with Gasteiger partial charge in [0, 0.05) is 25.1 Å². The average Bonchev–Trinajstić information content (AvgIpc) is 3.36. The standard InChI is InChI=1S/C22H23N3O4/c1-14-4-6-15(7-5-14)12-25-13-17(11-20(25)26)22-23-21(24-29-22)16-8-9-18(27-2)19(10-16)28-3/h4-10,17H,11-13H2,1-3H3. The summed E-state index contributed by atoms with van der Waals surface area (Å²) in [6.45, 7) is 3.21. The highest BCUT2D eigenvalue weighted by Crippen LogP contribution is 2.33. The van der Waals surface area contributed by atoms with E-state index in [2.05, 4.69) is 34.4 Å². The molecule has 3 aromatic rings. The zero-order chi connectivity index (χ0) is 20.4. The molecule has 7 nitrogen and oxygen atoms in total. The van der Waals surface area contributed by atoms with Crippen molar-refractivity contribution in [3.63, 3.8) is 0 Å². The van der Waals surface area contributed by atoms with Crippen LogP contribution in [0.5, 0.6) is 11.5 Å². The number of benzene rings is 2. The number of methoxy groups -OCH3 is 2. The highest BCUT2D eigenvalue weighted by atomic mass is 16.5. The third kappa shape index (κ3) is 3.94. The monoisotopic (exact) mass is 393 g/mol.